The van der Waals surface area contributed by atoms with Crippen LogP contribution in [0.4, 0.5) is 0 Å². The first-order valence-electron chi connectivity index (χ1n) is 4.27. The van der Waals surface area contributed by atoms with Gasteiger partial charge in [-0.1, -0.05) is 31.5 Å². The van der Waals surface area contributed by atoms with Crippen molar-refractivity contribution in [1.82, 2.24) is 0 Å². The molecule has 0 spiro atoms. The van der Waals surface area contributed by atoms with Crippen LogP contribution >= 0.6 is 0 Å². The summed E-state index contributed by atoms with van der Waals surface area (Å²) in [6.07, 6.45) is 4.79. The van der Waals surface area contributed by atoms with Gasteiger partial charge in [0.25, 0.3) is 0 Å². The van der Waals surface area contributed by atoms with Crippen LogP contribution in [-0.2, 0) is 0 Å². The van der Waals surface area contributed by atoms with E-state index in [1.165, 1.54) is 16.4 Å². The van der Waals surface area contributed by atoms with Gasteiger partial charge in [-0.3, -0.25) is 0 Å². The summed E-state index contributed by atoms with van der Waals surface area (Å²) in [6, 6.07) is 10.7. The molecule has 0 atom stereocenters. The highest BCUT2D eigenvalue weighted by atomic mass is 127. The number of hydrogen-bond donors (Lipinski definition) is 0. The third-order valence-corrected chi connectivity index (χ3v) is 3.77. The largest absolute Gasteiger partial charge is 0.349 e. The molecule has 0 fully saturated rings. The SMILES string of the molecule is CCC/C=C/[I+]c1ccccc1. The van der Waals surface area contributed by atoms with Gasteiger partial charge in [0.15, 0.2) is 7.65 Å². The molecule has 0 amide bonds. The average molecular weight is 273 g/mol. The standard InChI is InChI=1S/C11H14I/c1-2-3-7-10-12-11-8-5-4-6-9-11/h4-10H,2-3H2,1H3/q+1/b10-7+. The van der Waals surface area contributed by atoms with Crippen LogP contribution in [0.2, 0.25) is 0 Å². The molecule has 0 saturated carbocycles. The van der Waals surface area contributed by atoms with E-state index in [1.807, 2.05) is 0 Å². The minimum Gasteiger partial charge on any atom is -0.0651 e. The third kappa shape index (κ3) is 3.90. The predicted octanol–water partition coefficient (Wildman–Crippen LogP) is 0.259. The topological polar surface area (TPSA) is 0 Å². The van der Waals surface area contributed by atoms with E-state index < -0.39 is 0 Å². The smallest absolute Gasteiger partial charge is 0.0651 e. The Morgan fingerprint density at radius 1 is 1.25 bits per heavy atom. The van der Waals surface area contributed by atoms with Crippen molar-refractivity contribution in [2.24, 2.45) is 0 Å². The molecule has 1 rings (SSSR count). The van der Waals surface area contributed by atoms with E-state index in [9.17, 15) is 0 Å². The van der Waals surface area contributed by atoms with Crippen LogP contribution in [-0.4, -0.2) is 0 Å². The molecule has 0 nitrogen and oxygen atoms in total. The molecule has 12 heavy (non-hydrogen) atoms. The van der Waals surface area contributed by atoms with E-state index >= 15 is 0 Å². The highest BCUT2D eigenvalue weighted by molar-refractivity contribution is 4.99. The van der Waals surface area contributed by atoms with Crippen molar-refractivity contribution in [1.29, 1.82) is 0 Å². The van der Waals surface area contributed by atoms with E-state index in [0.717, 1.165) is 0 Å². The number of halogens is 1. The van der Waals surface area contributed by atoms with Crippen LogP contribution in [0.3, 0.4) is 0 Å². The van der Waals surface area contributed by atoms with Gasteiger partial charge in [-0.15, -0.1) is 0 Å². The third-order valence-electron chi connectivity index (χ3n) is 1.47. The van der Waals surface area contributed by atoms with Gasteiger partial charge >= 0.3 is 21.2 Å². The van der Waals surface area contributed by atoms with E-state index in [1.54, 1.807) is 0 Å². The first kappa shape index (κ1) is 9.78. The van der Waals surface area contributed by atoms with Crippen molar-refractivity contribution in [2.75, 3.05) is 0 Å². The quantitative estimate of drug-likeness (QED) is 0.690. The predicted molar refractivity (Wildman–Crippen MR) is 49.2 cm³/mol. The lowest BCUT2D eigenvalue weighted by Crippen LogP contribution is -3.59. The second kappa shape index (κ2) is 6.23. The molecule has 0 saturated heterocycles. The Labute approximate surface area is 85.0 Å². The number of allylic oxidation sites excluding steroid dienone is 1. The summed E-state index contributed by atoms with van der Waals surface area (Å²) < 4.78 is 3.86. The second-order valence-corrected chi connectivity index (χ2v) is 5.14. The molecular weight excluding hydrogens is 259 g/mol. The van der Waals surface area contributed by atoms with Crippen molar-refractivity contribution >= 4 is 0 Å². The minimum absolute atomic E-state index is 0.134. The summed E-state index contributed by atoms with van der Waals surface area (Å²) in [5.74, 6) is 0. The minimum atomic E-state index is 0.134. The number of unbranched alkanes of at least 4 members (excludes halogenated alkanes) is 1. The van der Waals surface area contributed by atoms with Crippen LogP contribution in [0.5, 0.6) is 0 Å². The van der Waals surface area contributed by atoms with Gasteiger partial charge in [-0.25, -0.2) is 0 Å². The number of hydrogen-bond acceptors (Lipinski definition) is 0. The maximum Gasteiger partial charge on any atom is 0.349 e. The van der Waals surface area contributed by atoms with Crippen LogP contribution in [0.1, 0.15) is 19.8 Å². The van der Waals surface area contributed by atoms with E-state index in [2.05, 4.69) is 47.4 Å². The van der Waals surface area contributed by atoms with Crippen molar-refractivity contribution in [3.05, 3.63) is 44.1 Å². The Balaban J connectivity index is 2.33. The molecule has 1 aromatic carbocycles. The maximum absolute atomic E-state index is 2.36. The van der Waals surface area contributed by atoms with Crippen LogP contribution in [0.15, 0.2) is 40.5 Å². The zero-order chi connectivity index (χ0) is 8.65. The van der Waals surface area contributed by atoms with Gasteiger partial charge in [0.1, 0.15) is 0 Å². The number of rotatable bonds is 4. The van der Waals surface area contributed by atoms with Gasteiger partial charge in [-0.05, 0) is 24.6 Å². The molecule has 0 aromatic heterocycles. The van der Waals surface area contributed by atoms with E-state index in [4.69, 9.17) is 0 Å². The van der Waals surface area contributed by atoms with Crippen LogP contribution in [0.25, 0.3) is 0 Å². The Bertz CT molecular complexity index is 226. The molecule has 1 heteroatoms. The lowest BCUT2D eigenvalue weighted by molar-refractivity contribution is -0.557. The Kier molecular flexibility index (Phi) is 5.08. The van der Waals surface area contributed by atoms with Crippen molar-refractivity contribution < 1.29 is 21.2 Å². The van der Waals surface area contributed by atoms with Crippen molar-refractivity contribution in [3.63, 3.8) is 0 Å². The summed E-state index contributed by atoms with van der Waals surface area (Å²) in [6.45, 7) is 2.21. The highest BCUT2D eigenvalue weighted by Crippen LogP contribution is 1.84. The molecule has 1 aromatic rings. The summed E-state index contributed by atoms with van der Waals surface area (Å²) in [7, 11) is 0. The van der Waals surface area contributed by atoms with Gasteiger partial charge < -0.3 is 0 Å². The Morgan fingerprint density at radius 2 is 2.00 bits per heavy atom. The van der Waals surface area contributed by atoms with Crippen LogP contribution < -0.4 is 21.2 Å². The van der Waals surface area contributed by atoms with E-state index in [0.29, 0.717) is 0 Å². The zero-order valence-electron chi connectivity index (χ0n) is 7.33. The molecule has 0 aliphatic rings. The fourth-order valence-corrected chi connectivity index (χ4v) is 2.69. The Hall–Kier alpha value is -0.310. The molecule has 0 aliphatic carbocycles. The van der Waals surface area contributed by atoms with Crippen molar-refractivity contribution in [3.8, 4) is 0 Å². The van der Waals surface area contributed by atoms with Gasteiger partial charge in [-0.2, -0.15) is 0 Å². The fraction of sp³-hybridized carbons (Fsp3) is 0.273. The summed E-state index contributed by atoms with van der Waals surface area (Å²) >= 11 is 0.134. The molecule has 0 bridgehead atoms. The highest BCUT2D eigenvalue weighted by Gasteiger charge is 2.03. The second-order valence-electron chi connectivity index (χ2n) is 2.56. The summed E-state index contributed by atoms with van der Waals surface area (Å²) in [5, 5.41) is 0. The number of benzene rings is 1. The van der Waals surface area contributed by atoms with Crippen LogP contribution in [0, 0.1) is 3.57 Å². The molecule has 0 unspecified atom stereocenters. The maximum atomic E-state index is 2.36. The van der Waals surface area contributed by atoms with E-state index in [-0.39, 0.29) is 21.2 Å². The first-order chi connectivity index (χ1) is 5.93. The lowest BCUT2D eigenvalue weighted by atomic mass is 10.3. The Morgan fingerprint density at radius 3 is 2.67 bits per heavy atom. The first-order valence-corrected chi connectivity index (χ1v) is 6.59. The van der Waals surface area contributed by atoms with Gasteiger partial charge in [0, 0.05) is 0 Å². The summed E-state index contributed by atoms with van der Waals surface area (Å²) in [5.41, 5.74) is 0. The molecule has 0 radical (unpaired) electrons. The lowest BCUT2D eigenvalue weighted by Gasteiger charge is -1.79. The monoisotopic (exact) mass is 273 g/mol. The molecule has 64 valence electrons. The molecule has 0 N–H and O–H groups in total. The zero-order valence-corrected chi connectivity index (χ0v) is 9.49. The molecule has 0 heterocycles. The van der Waals surface area contributed by atoms with Crippen molar-refractivity contribution in [2.45, 2.75) is 19.8 Å². The van der Waals surface area contributed by atoms with Gasteiger partial charge in [0.2, 0.25) is 0 Å². The normalized spacial score (nSPS) is 10.8. The van der Waals surface area contributed by atoms with Gasteiger partial charge in [0.05, 0.1) is 0 Å². The molecular formula is C11H14I+. The fourth-order valence-electron chi connectivity index (χ4n) is 0.834. The molecule has 0 aliphatic heterocycles. The average Bonchev–Trinajstić information content (AvgIpc) is 2.14. The summed E-state index contributed by atoms with van der Waals surface area (Å²) in [4.78, 5) is 0.